The summed E-state index contributed by atoms with van der Waals surface area (Å²) in [6.45, 7) is 1.62. The molecule has 1 saturated heterocycles. The Hall–Kier alpha value is -0.360. The monoisotopic (exact) mass is 298 g/mol. The van der Waals surface area contributed by atoms with E-state index in [9.17, 15) is 4.79 Å². The minimum Gasteiger partial charge on any atom is -0.481 e. The van der Waals surface area contributed by atoms with E-state index in [0.717, 1.165) is 25.9 Å². The molecular formula is C10H16Cl2N2O2S. The van der Waals surface area contributed by atoms with Crippen LogP contribution in [0.4, 0.5) is 0 Å². The van der Waals surface area contributed by atoms with Gasteiger partial charge in [0.25, 0.3) is 0 Å². The molecule has 0 aliphatic carbocycles. The smallest absolute Gasteiger partial charge is 0.306 e. The molecule has 4 nitrogen and oxygen atoms in total. The van der Waals surface area contributed by atoms with Crippen LogP contribution < -0.4 is 5.32 Å². The fraction of sp³-hybridized carbons (Fsp3) is 0.600. The Morgan fingerprint density at radius 2 is 2.35 bits per heavy atom. The zero-order valence-corrected chi connectivity index (χ0v) is 11.6. The van der Waals surface area contributed by atoms with E-state index in [0.29, 0.717) is 0 Å². The fourth-order valence-corrected chi connectivity index (χ4v) is 2.75. The van der Waals surface area contributed by atoms with Gasteiger partial charge in [0, 0.05) is 11.1 Å². The maximum Gasteiger partial charge on any atom is 0.306 e. The normalized spacial score (nSPS) is 23.3. The number of hydrogen-bond acceptors (Lipinski definition) is 4. The Morgan fingerprint density at radius 3 is 2.94 bits per heavy atom. The van der Waals surface area contributed by atoms with Gasteiger partial charge in [0.05, 0.1) is 11.4 Å². The summed E-state index contributed by atoms with van der Waals surface area (Å²) in [4.78, 5) is 16.2. The molecule has 98 valence electrons. The van der Waals surface area contributed by atoms with E-state index in [1.807, 2.05) is 6.20 Å². The highest BCUT2D eigenvalue weighted by Crippen LogP contribution is 2.24. The van der Waals surface area contributed by atoms with Gasteiger partial charge >= 0.3 is 5.97 Å². The third-order valence-electron chi connectivity index (χ3n) is 2.87. The molecule has 1 aliphatic heterocycles. The van der Waals surface area contributed by atoms with Crippen molar-refractivity contribution in [2.24, 2.45) is 11.8 Å². The lowest BCUT2D eigenvalue weighted by atomic mass is 9.84. The van der Waals surface area contributed by atoms with Crippen LogP contribution in [0.25, 0.3) is 0 Å². The standard InChI is InChI=1S/C10H14N2O2S.2ClH/c13-10(14)9-1-2-11-4-7(9)3-8-5-12-6-15-8;;/h5-7,9,11H,1-4H2,(H,13,14);2*1H. The molecule has 7 heteroatoms. The van der Waals surface area contributed by atoms with Crippen molar-refractivity contribution < 1.29 is 9.90 Å². The average molecular weight is 299 g/mol. The zero-order chi connectivity index (χ0) is 10.7. The molecule has 0 radical (unpaired) electrons. The number of carboxylic acids is 1. The summed E-state index contributed by atoms with van der Waals surface area (Å²) in [5.74, 6) is -0.656. The summed E-state index contributed by atoms with van der Waals surface area (Å²) in [7, 11) is 0. The van der Waals surface area contributed by atoms with E-state index in [-0.39, 0.29) is 36.6 Å². The second kappa shape index (κ2) is 7.87. The number of aliphatic carboxylic acids is 1. The summed E-state index contributed by atoms with van der Waals surface area (Å²) < 4.78 is 0. The van der Waals surface area contributed by atoms with Crippen LogP contribution in [0.2, 0.25) is 0 Å². The number of halogens is 2. The zero-order valence-electron chi connectivity index (χ0n) is 9.17. The Balaban J connectivity index is 0.00000128. The first-order valence-corrected chi connectivity index (χ1v) is 5.96. The van der Waals surface area contributed by atoms with E-state index in [2.05, 4.69) is 10.3 Å². The highest BCUT2D eigenvalue weighted by molar-refractivity contribution is 7.09. The molecular weight excluding hydrogens is 283 g/mol. The van der Waals surface area contributed by atoms with Crippen molar-refractivity contribution in [3.05, 3.63) is 16.6 Å². The van der Waals surface area contributed by atoms with E-state index in [1.54, 1.807) is 16.8 Å². The topological polar surface area (TPSA) is 62.2 Å². The van der Waals surface area contributed by atoms with Gasteiger partial charge in [-0.05, 0) is 31.8 Å². The quantitative estimate of drug-likeness (QED) is 0.894. The molecule has 1 aliphatic rings. The molecule has 2 unspecified atom stereocenters. The number of hydrogen-bond donors (Lipinski definition) is 2. The Bertz CT molecular complexity index is 335. The number of nitrogens with one attached hydrogen (secondary N) is 1. The van der Waals surface area contributed by atoms with E-state index < -0.39 is 5.97 Å². The molecule has 2 rings (SSSR count). The van der Waals surface area contributed by atoms with Crippen LogP contribution in [0.1, 0.15) is 11.3 Å². The lowest BCUT2D eigenvalue weighted by Crippen LogP contribution is -2.41. The summed E-state index contributed by atoms with van der Waals surface area (Å²) in [5.41, 5.74) is 1.79. The van der Waals surface area contributed by atoms with E-state index >= 15 is 0 Å². The highest BCUT2D eigenvalue weighted by Gasteiger charge is 2.30. The number of rotatable bonds is 3. The molecule has 0 amide bonds. The molecule has 0 aromatic carbocycles. The Labute approximate surface area is 117 Å². The van der Waals surface area contributed by atoms with Gasteiger partial charge in [-0.3, -0.25) is 9.78 Å². The van der Waals surface area contributed by atoms with Gasteiger partial charge < -0.3 is 10.4 Å². The van der Waals surface area contributed by atoms with Gasteiger partial charge in [0.1, 0.15) is 0 Å². The maximum atomic E-state index is 11.1. The highest BCUT2D eigenvalue weighted by atomic mass is 35.5. The van der Waals surface area contributed by atoms with Crippen molar-refractivity contribution in [2.45, 2.75) is 12.8 Å². The lowest BCUT2D eigenvalue weighted by molar-refractivity contribution is -0.144. The SMILES string of the molecule is Cl.Cl.O=C(O)C1CCNCC1Cc1cncs1. The Kier molecular flexibility index (Phi) is 7.70. The van der Waals surface area contributed by atoms with Crippen LogP contribution in [0.5, 0.6) is 0 Å². The van der Waals surface area contributed by atoms with Crippen molar-refractivity contribution in [2.75, 3.05) is 13.1 Å². The molecule has 1 aromatic heterocycles. The lowest BCUT2D eigenvalue weighted by Gasteiger charge is -2.28. The fourth-order valence-electron chi connectivity index (χ4n) is 2.06. The summed E-state index contributed by atoms with van der Waals surface area (Å²) in [6, 6.07) is 0. The second-order valence-electron chi connectivity index (χ2n) is 3.87. The van der Waals surface area contributed by atoms with Crippen LogP contribution in [0.3, 0.4) is 0 Å². The summed E-state index contributed by atoms with van der Waals surface area (Å²) in [6.07, 6.45) is 3.39. The van der Waals surface area contributed by atoms with Gasteiger partial charge in [-0.1, -0.05) is 0 Å². The molecule has 0 saturated carbocycles. The number of carboxylic acid groups (broad SMARTS) is 1. The first kappa shape index (κ1) is 16.6. The predicted octanol–water partition coefficient (Wildman–Crippen LogP) is 1.84. The van der Waals surface area contributed by atoms with Gasteiger partial charge in [0.15, 0.2) is 0 Å². The number of thiazole rings is 1. The third-order valence-corrected chi connectivity index (χ3v) is 3.67. The molecule has 1 aromatic rings. The minimum absolute atomic E-state index is 0. The molecule has 2 atom stereocenters. The molecule has 17 heavy (non-hydrogen) atoms. The van der Waals surface area contributed by atoms with Crippen molar-refractivity contribution in [3.63, 3.8) is 0 Å². The summed E-state index contributed by atoms with van der Waals surface area (Å²) in [5, 5.41) is 12.4. The van der Waals surface area contributed by atoms with Gasteiger partial charge in [-0.15, -0.1) is 36.2 Å². The third kappa shape index (κ3) is 4.43. The van der Waals surface area contributed by atoms with Crippen LogP contribution in [-0.2, 0) is 11.2 Å². The minimum atomic E-state index is -0.661. The van der Waals surface area contributed by atoms with Gasteiger partial charge in [0.2, 0.25) is 0 Å². The largest absolute Gasteiger partial charge is 0.481 e. The van der Waals surface area contributed by atoms with Crippen LogP contribution >= 0.6 is 36.2 Å². The van der Waals surface area contributed by atoms with Crippen LogP contribution in [0.15, 0.2) is 11.7 Å². The predicted molar refractivity (Wildman–Crippen MR) is 72.4 cm³/mol. The van der Waals surface area contributed by atoms with Gasteiger partial charge in [-0.2, -0.15) is 0 Å². The Morgan fingerprint density at radius 1 is 1.59 bits per heavy atom. The van der Waals surface area contributed by atoms with E-state index in [4.69, 9.17) is 5.11 Å². The maximum absolute atomic E-state index is 11.1. The number of carbonyl (C=O) groups is 1. The van der Waals surface area contributed by atoms with E-state index in [1.165, 1.54) is 4.88 Å². The first-order chi connectivity index (χ1) is 7.27. The molecule has 2 N–H and O–H groups in total. The second-order valence-corrected chi connectivity index (χ2v) is 4.84. The van der Waals surface area contributed by atoms with Gasteiger partial charge in [-0.25, -0.2) is 0 Å². The van der Waals surface area contributed by atoms with Crippen LogP contribution in [0, 0.1) is 11.8 Å². The number of piperidine rings is 1. The van der Waals surface area contributed by atoms with Crippen molar-refractivity contribution in [3.8, 4) is 0 Å². The van der Waals surface area contributed by atoms with Crippen LogP contribution in [-0.4, -0.2) is 29.1 Å². The first-order valence-electron chi connectivity index (χ1n) is 5.08. The average Bonchev–Trinajstić information content (AvgIpc) is 2.71. The molecule has 0 bridgehead atoms. The van der Waals surface area contributed by atoms with Crippen molar-refractivity contribution in [1.82, 2.24) is 10.3 Å². The number of aromatic nitrogens is 1. The number of nitrogens with zero attached hydrogens (tertiary/aromatic N) is 1. The summed E-state index contributed by atoms with van der Waals surface area (Å²) >= 11 is 1.60. The molecule has 0 spiro atoms. The molecule has 1 fully saturated rings. The van der Waals surface area contributed by atoms with Crippen molar-refractivity contribution in [1.29, 1.82) is 0 Å². The molecule has 2 heterocycles. The van der Waals surface area contributed by atoms with Crippen molar-refractivity contribution >= 4 is 42.1 Å².